The van der Waals surface area contributed by atoms with E-state index >= 15 is 0 Å². The number of sulfonamides is 1. The van der Waals surface area contributed by atoms with Crippen LogP contribution in [-0.4, -0.2) is 39.5 Å². The second-order valence-electron chi connectivity index (χ2n) is 5.49. The third-order valence-corrected chi connectivity index (χ3v) is 5.40. The van der Waals surface area contributed by atoms with Crippen molar-refractivity contribution in [1.29, 1.82) is 0 Å². The first-order valence-electron chi connectivity index (χ1n) is 6.93. The molecule has 0 atom stereocenters. The van der Waals surface area contributed by atoms with Gasteiger partial charge in [0.2, 0.25) is 10.0 Å². The molecule has 1 aromatic rings. The van der Waals surface area contributed by atoms with Crippen molar-refractivity contribution in [2.45, 2.75) is 37.2 Å². The number of hydrogen-bond acceptors (Lipinski definition) is 4. The highest BCUT2D eigenvalue weighted by molar-refractivity contribution is 7.89. The molecule has 112 valence electrons. The standard InChI is InChI=1S/C14H23N3O2S/c1-11-9-14(4-3-12(11)10-15)20(18,19)16-13-5-7-17(2)8-6-13/h3-4,9,13,16H,5-8,10,15H2,1-2H3. The minimum atomic E-state index is -3.43. The van der Waals surface area contributed by atoms with Crippen molar-refractivity contribution in [3.63, 3.8) is 0 Å². The number of hydrogen-bond donors (Lipinski definition) is 2. The molecule has 1 fully saturated rings. The van der Waals surface area contributed by atoms with Crippen molar-refractivity contribution in [2.75, 3.05) is 20.1 Å². The minimum Gasteiger partial charge on any atom is -0.326 e. The molecule has 0 radical (unpaired) electrons. The van der Waals surface area contributed by atoms with Gasteiger partial charge in [0.05, 0.1) is 4.90 Å². The molecule has 0 saturated carbocycles. The molecule has 0 aliphatic carbocycles. The molecular formula is C14H23N3O2S. The maximum atomic E-state index is 12.4. The summed E-state index contributed by atoms with van der Waals surface area (Å²) in [6.07, 6.45) is 1.71. The molecule has 1 aliphatic heterocycles. The first-order chi connectivity index (χ1) is 9.42. The predicted molar refractivity (Wildman–Crippen MR) is 79.9 cm³/mol. The lowest BCUT2D eigenvalue weighted by atomic mass is 10.1. The molecule has 1 aromatic carbocycles. The van der Waals surface area contributed by atoms with Crippen LogP contribution >= 0.6 is 0 Å². The fraction of sp³-hybridized carbons (Fsp3) is 0.571. The summed E-state index contributed by atoms with van der Waals surface area (Å²) in [5.74, 6) is 0. The normalized spacial score (nSPS) is 18.4. The average molecular weight is 297 g/mol. The van der Waals surface area contributed by atoms with Crippen LogP contribution in [0.15, 0.2) is 23.1 Å². The zero-order chi connectivity index (χ0) is 14.8. The zero-order valence-electron chi connectivity index (χ0n) is 12.1. The van der Waals surface area contributed by atoms with Gasteiger partial charge in [-0.15, -0.1) is 0 Å². The molecule has 0 unspecified atom stereocenters. The smallest absolute Gasteiger partial charge is 0.240 e. The van der Waals surface area contributed by atoms with Gasteiger partial charge in [-0.1, -0.05) is 6.07 Å². The molecule has 0 aromatic heterocycles. The third kappa shape index (κ3) is 3.58. The molecule has 1 saturated heterocycles. The van der Waals surface area contributed by atoms with Gasteiger partial charge < -0.3 is 10.6 Å². The fourth-order valence-corrected chi connectivity index (χ4v) is 3.87. The summed E-state index contributed by atoms with van der Waals surface area (Å²) < 4.78 is 27.6. The van der Waals surface area contributed by atoms with Gasteiger partial charge in [-0.3, -0.25) is 0 Å². The summed E-state index contributed by atoms with van der Waals surface area (Å²) in [5.41, 5.74) is 7.49. The summed E-state index contributed by atoms with van der Waals surface area (Å²) >= 11 is 0. The summed E-state index contributed by atoms with van der Waals surface area (Å²) in [7, 11) is -1.38. The molecular weight excluding hydrogens is 274 g/mol. The Kier molecular flexibility index (Phi) is 4.80. The van der Waals surface area contributed by atoms with Gasteiger partial charge in [0.25, 0.3) is 0 Å². The second-order valence-corrected chi connectivity index (χ2v) is 7.21. The monoisotopic (exact) mass is 297 g/mol. The topological polar surface area (TPSA) is 75.4 Å². The van der Waals surface area contributed by atoms with E-state index in [1.54, 1.807) is 18.2 Å². The van der Waals surface area contributed by atoms with E-state index in [-0.39, 0.29) is 6.04 Å². The lowest BCUT2D eigenvalue weighted by molar-refractivity contribution is 0.248. The molecule has 1 aliphatic rings. The number of piperidine rings is 1. The van der Waals surface area contributed by atoms with Crippen molar-refractivity contribution in [1.82, 2.24) is 9.62 Å². The highest BCUT2D eigenvalue weighted by Crippen LogP contribution is 2.17. The van der Waals surface area contributed by atoms with Crippen LogP contribution in [-0.2, 0) is 16.6 Å². The van der Waals surface area contributed by atoms with Crippen LogP contribution in [0, 0.1) is 6.92 Å². The molecule has 1 heterocycles. The zero-order valence-corrected chi connectivity index (χ0v) is 12.9. The Morgan fingerprint density at radius 3 is 2.55 bits per heavy atom. The van der Waals surface area contributed by atoms with Crippen LogP contribution in [0.25, 0.3) is 0 Å². The van der Waals surface area contributed by atoms with E-state index in [9.17, 15) is 8.42 Å². The van der Waals surface area contributed by atoms with Crippen molar-refractivity contribution in [2.24, 2.45) is 5.73 Å². The first kappa shape index (κ1) is 15.4. The minimum absolute atomic E-state index is 0.0330. The Hall–Kier alpha value is -0.950. The molecule has 2 rings (SSSR count). The molecule has 0 spiro atoms. The Labute approximate surface area is 121 Å². The van der Waals surface area contributed by atoms with Gasteiger partial charge in [-0.2, -0.15) is 0 Å². The van der Waals surface area contributed by atoms with E-state index in [0.29, 0.717) is 11.4 Å². The van der Waals surface area contributed by atoms with Crippen molar-refractivity contribution >= 4 is 10.0 Å². The summed E-state index contributed by atoms with van der Waals surface area (Å²) in [6.45, 7) is 4.17. The van der Waals surface area contributed by atoms with E-state index < -0.39 is 10.0 Å². The Morgan fingerprint density at radius 1 is 1.35 bits per heavy atom. The van der Waals surface area contributed by atoms with Crippen LogP contribution in [0.4, 0.5) is 0 Å². The molecule has 0 bridgehead atoms. The van der Waals surface area contributed by atoms with Gasteiger partial charge >= 0.3 is 0 Å². The number of likely N-dealkylation sites (tertiary alicyclic amines) is 1. The van der Waals surface area contributed by atoms with Crippen LogP contribution in [0.3, 0.4) is 0 Å². The van der Waals surface area contributed by atoms with Crippen molar-refractivity contribution < 1.29 is 8.42 Å². The van der Waals surface area contributed by atoms with Crippen molar-refractivity contribution in [3.05, 3.63) is 29.3 Å². The van der Waals surface area contributed by atoms with Crippen LogP contribution in [0.1, 0.15) is 24.0 Å². The largest absolute Gasteiger partial charge is 0.326 e. The lowest BCUT2D eigenvalue weighted by Crippen LogP contribution is -2.43. The van der Waals surface area contributed by atoms with E-state index in [1.165, 1.54) is 0 Å². The maximum Gasteiger partial charge on any atom is 0.240 e. The molecule has 3 N–H and O–H groups in total. The van der Waals surface area contributed by atoms with E-state index in [0.717, 1.165) is 37.1 Å². The van der Waals surface area contributed by atoms with Gasteiger partial charge in [0.1, 0.15) is 0 Å². The molecule has 6 heteroatoms. The third-order valence-electron chi connectivity index (χ3n) is 3.88. The molecule has 0 amide bonds. The Morgan fingerprint density at radius 2 is 2.00 bits per heavy atom. The van der Waals surface area contributed by atoms with E-state index in [2.05, 4.69) is 16.7 Å². The predicted octanol–water partition coefficient (Wildman–Crippen LogP) is 0.826. The number of aryl methyl sites for hydroxylation is 1. The van der Waals surface area contributed by atoms with Gasteiger partial charge in [0, 0.05) is 12.6 Å². The second kappa shape index (κ2) is 6.22. The maximum absolute atomic E-state index is 12.4. The molecule has 5 nitrogen and oxygen atoms in total. The number of nitrogens with zero attached hydrogens (tertiary/aromatic N) is 1. The highest BCUT2D eigenvalue weighted by Gasteiger charge is 2.23. The van der Waals surface area contributed by atoms with Crippen LogP contribution < -0.4 is 10.5 Å². The van der Waals surface area contributed by atoms with Gasteiger partial charge in [-0.25, -0.2) is 13.1 Å². The number of nitrogens with one attached hydrogen (secondary N) is 1. The first-order valence-corrected chi connectivity index (χ1v) is 8.41. The summed E-state index contributed by atoms with van der Waals surface area (Å²) in [4.78, 5) is 2.54. The lowest BCUT2D eigenvalue weighted by Gasteiger charge is -2.29. The van der Waals surface area contributed by atoms with Crippen LogP contribution in [0.2, 0.25) is 0 Å². The number of rotatable bonds is 4. The Balaban J connectivity index is 2.12. The summed E-state index contributed by atoms with van der Waals surface area (Å²) in [5, 5.41) is 0. The average Bonchev–Trinajstić information content (AvgIpc) is 2.41. The van der Waals surface area contributed by atoms with E-state index in [4.69, 9.17) is 5.73 Å². The van der Waals surface area contributed by atoms with Gasteiger partial charge in [0.15, 0.2) is 0 Å². The molecule has 20 heavy (non-hydrogen) atoms. The summed E-state index contributed by atoms with van der Waals surface area (Å²) in [6, 6.07) is 5.15. The SMILES string of the molecule is Cc1cc(S(=O)(=O)NC2CCN(C)CC2)ccc1CN. The quantitative estimate of drug-likeness (QED) is 0.863. The number of nitrogens with two attached hydrogens (primary N) is 1. The fourth-order valence-electron chi connectivity index (χ4n) is 2.48. The van der Waals surface area contributed by atoms with Gasteiger partial charge in [-0.05, 0) is 63.2 Å². The van der Waals surface area contributed by atoms with Crippen LogP contribution in [0.5, 0.6) is 0 Å². The number of benzene rings is 1. The van der Waals surface area contributed by atoms with E-state index in [1.807, 2.05) is 6.92 Å². The van der Waals surface area contributed by atoms with Crippen molar-refractivity contribution in [3.8, 4) is 0 Å². The Bertz CT molecular complexity index is 564. The highest BCUT2D eigenvalue weighted by atomic mass is 32.2.